The number of aromatic nitrogens is 2. The van der Waals surface area contributed by atoms with Gasteiger partial charge in [-0.25, -0.2) is 4.79 Å². The van der Waals surface area contributed by atoms with Gasteiger partial charge in [0.15, 0.2) is 0 Å². The highest BCUT2D eigenvalue weighted by atomic mass is 16.5. The van der Waals surface area contributed by atoms with Crippen LogP contribution in [0.1, 0.15) is 16.2 Å². The summed E-state index contributed by atoms with van der Waals surface area (Å²) in [4.78, 5) is 36.4. The van der Waals surface area contributed by atoms with Gasteiger partial charge in [-0.1, -0.05) is 6.07 Å². The van der Waals surface area contributed by atoms with Crippen molar-refractivity contribution >= 4 is 11.9 Å². The molecule has 0 radical (unpaired) electrons. The van der Waals surface area contributed by atoms with Crippen LogP contribution >= 0.6 is 0 Å². The molecular formula is C18H21N5O3. The number of pyridine rings is 2. The topological polar surface area (TPSA) is 87.7 Å². The smallest absolute Gasteiger partial charge is 0.317 e. The fourth-order valence-electron chi connectivity index (χ4n) is 2.68. The minimum Gasteiger partial charge on any atom is -0.495 e. The number of ether oxygens (including phenoxy) is 1. The van der Waals surface area contributed by atoms with Gasteiger partial charge in [0.1, 0.15) is 11.4 Å². The fourth-order valence-corrected chi connectivity index (χ4v) is 2.68. The maximum atomic E-state index is 12.4. The van der Waals surface area contributed by atoms with E-state index >= 15 is 0 Å². The molecular weight excluding hydrogens is 334 g/mol. The highest BCUT2D eigenvalue weighted by Gasteiger charge is 2.25. The Morgan fingerprint density at radius 1 is 1.08 bits per heavy atom. The zero-order chi connectivity index (χ0) is 18.4. The molecule has 8 nitrogen and oxygen atoms in total. The molecule has 3 rings (SSSR count). The number of amides is 3. The second-order valence-electron chi connectivity index (χ2n) is 5.84. The normalized spacial score (nSPS) is 14.0. The van der Waals surface area contributed by atoms with Crippen molar-refractivity contribution in [2.75, 3.05) is 33.3 Å². The van der Waals surface area contributed by atoms with Crippen LogP contribution in [0.2, 0.25) is 0 Å². The van der Waals surface area contributed by atoms with E-state index < -0.39 is 0 Å². The summed E-state index contributed by atoms with van der Waals surface area (Å²) in [5, 5.41) is 2.85. The van der Waals surface area contributed by atoms with Crippen LogP contribution in [0.4, 0.5) is 4.79 Å². The van der Waals surface area contributed by atoms with Crippen molar-refractivity contribution in [2.45, 2.75) is 6.54 Å². The maximum Gasteiger partial charge on any atom is 0.317 e. The van der Waals surface area contributed by atoms with Crippen LogP contribution in [-0.2, 0) is 6.54 Å². The van der Waals surface area contributed by atoms with Crippen LogP contribution in [0, 0.1) is 0 Å². The molecule has 0 atom stereocenters. The number of hydrogen-bond donors (Lipinski definition) is 1. The van der Waals surface area contributed by atoms with Crippen LogP contribution in [0.15, 0.2) is 42.7 Å². The van der Waals surface area contributed by atoms with Gasteiger partial charge in [-0.05, 0) is 24.3 Å². The van der Waals surface area contributed by atoms with E-state index in [0.29, 0.717) is 44.2 Å². The lowest BCUT2D eigenvalue weighted by Gasteiger charge is -2.34. The zero-order valence-corrected chi connectivity index (χ0v) is 14.6. The molecule has 3 heterocycles. The van der Waals surface area contributed by atoms with E-state index in [2.05, 4.69) is 15.3 Å². The molecule has 3 amide bonds. The van der Waals surface area contributed by atoms with Gasteiger partial charge in [-0.2, -0.15) is 0 Å². The average Bonchev–Trinajstić information content (AvgIpc) is 2.72. The van der Waals surface area contributed by atoms with Crippen molar-refractivity contribution in [2.24, 2.45) is 0 Å². The number of urea groups is 1. The van der Waals surface area contributed by atoms with E-state index in [1.165, 1.54) is 0 Å². The Balaban J connectivity index is 1.46. The molecule has 1 saturated heterocycles. The third-order valence-corrected chi connectivity index (χ3v) is 4.19. The minimum absolute atomic E-state index is 0.104. The van der Waals surface area contributed by atoms with Gasteiger partial charge in [-0.15, -0.1) is 0 Å². The molecule has 0 aromatic carbocycles. The molecule has 1 fully saturated rings. The first-order valence-corrected chi connectivity index (χ1v) is 8.39. The molecule has 0 saturated carbocycles. The summed E-state index contributed by atoms with van der Waals surface area (Å²) in [6, 6.07) is 8.71. The summed E-state index contributed by atoms with van der Waals surface area (Å²) in [6.07, 6.45) is 3.22. The van der Waals surface area contributed by atoms with Gasteiger partial charge < -0.3 is 19.9 Å². The number of nitrogens with one attached hydrogen (secondary N) is 1. The molecule has 136 valence electrons. The zero-order valence-electron chi connectivity index (χ0n) is 14.6. The second kappa shape index (κ2) is 8.28. The third kappa shape index (κ3) is 4.27. The Kier molecular flexibility index (Phi) is 5.62. The number of piperazine rings is 1. The highest BCUT2D eigenvalue weighted by Crippen LogP contribution is 2.09. The lowest BCUT2D eigenvalue weighted by molar-refractivity contribution is 0.0659. The number of rotatable bonds is 4. The maximum absolute atomic E-state index is 12.4. The monoisotopic (exact) mass is 355 g/mol. The average molecular weight is 355 g/mol. The quantitative estimate of drug-likeness (QED) is 0.889. The van der Waals surface area contributed by atoms with E-state index in [1.807, 2.05) is 6.07 Å². The number of nitrogens with zero attached hydrogens (tertiary/aromatic N) is 4. The Morgan fingerprint density at radius 2 is 1.85 bits per heavy atom. The van der Waals surface area contributed by atoms with Crippen LogP contribution in [0.5, 0.6) is 5.75 Å². The van der Waals surface area contributed by atoms with Crippen LogP contribution < -0.4 is 10.1 Å². The molecule has 2 aromatic heterocycles. The Hall–Kier alpha value is -3.16. The number of carbonyl (C=O) groups excluding carboxylic acids is 2. The molecule has 1 aliphatic rings. The van der Waals surface area contributed by atoms with E-state index in [-0.39, 0.29) is 11.9 Å². The number of hydrogen-bond acceptors (Lipinski definition) is 5. The van der Waals surface area contributed by atoms with Gasteiger partial charge in [0.05, 0.1) is 25.5 Å². The summed E-state index contributed by atoms with van der Waals surface area (Å²) < 4.78 is 5.06. The highest BCUT2D eigenvalue weighted by molar-refractivity contribution is 5.92. The molecule has 26 heavy (non-hydrogen) atoms. The van der Waals surface area contributed by atoms with E-state index in [0.717, 1.165) is 5.69 Å². The molecule has 8 heteroatoms. The van der Waals surface area contributed by atoms with Gasteiger partial charge in [0.25, 0.3) is 5.91 Å². The summed E-state index contributed by atoms with van der Waals surface area (Å²) in [5.74, 6) is 0.571. The van der Waals surface area contributed by atoms with Gasteiger partial charge in [0.2, 0.25) is 0 Å². The van der Waals surface area contributed by atoms with Gasteiger partial charge in [-0.3, -0.25) is 14.8 Å². The predicted molar refractivity (Wildman–Crippen MR) is 94.7 cm³/mol. The van der Waals surface area contributed by atoms with Crippen molar-refractivity contribution < 1.29 is 14.3 Å². The predicted octanol–water partition coefficient (Wildman–Crippen LogP) is 1.15. The molecule has 1 N–H and O–H groups in total. The van der Waals surface area contributed by atoms with Crippen LogP contribution in [0.3, 0.4) is 0 Å². The second-order valence-corrected chi connectivity index (χ2v) is 5.84. The van der Waals surface area contributed by atoms with Crippen molar-refractivity contribution in [3.63, 3.8) is 0 Å². The van der Waals surface area contributed by atoms with E-state index in [4.69, 9.17) is 4.74 Å². The third-order valence-electron chi connectivity index (χ3n) is 4.19. The van der Waals surface area contributed by atoms with Gasteiger partial charge >= 0.3 is 6.03 Å². The number of methoxy groups -OCH3 is 1. The first kappa shape index (κ1) is 17.7. The Labute approximate surface area is 151 Å². The molecule has 0 unspecified atom stereocenters. The lowest BCUT2D eigenvalue weighted by Crippen LogP contribution is -2.53. The minimum atomic E-state index is -0.160. The molecule has 2 aromatic rings. The first-order chi connectivity index (χ1) is 12.7. The van der Waals surface area contributed by atoms with E-state index in [1.54, 1.807) is 53.6 Å². The van der Waals surface area contributed by atoms with Crippen molar-refractivity contribution in [1.82, 2.24) is 25.1 Å². The van der Waals surface area contributed by atoms with Crippen molar-refractivity contribution in [1.29, 1.82) is 0 Å². The Bertz CT molecular complexity index is 743. The largest absolute Gasteiger partial charge is 0.495 e. The molecule has 1 aliphatic heterocycles. The number of carbonyl (C=O) groups is 2. The van der Waals surface area contributed by atoms with Crippen molar-refractivity contribution in [3.8, 4) is 5.75 Å². The summed E-state index contributed by atoms with van der Waals surface area (Å²) in [5.41, 5.74) is 1.18. The fraction of sp³-hybridized carbons (Fsp3) is 0.333. The summed E-state index contributed by atoms with van der Waals surface area (Å²) >= 11 is 0. The van der Waals surface area contributed by atoms with Crippen LogP contribution in [0.25, 0.3) is 0 Å². The van der Waals surface area contributed by atoms with Crippen LogP contribution in [-0.4, -0.2) is 65.0 Å². The SMILES string of the molecule is COc1ccc(CNC(=O)N2CCN(C(=O)c3ccccn3)CC2)nc1. The summed E-state index contributed by atoms with van der Waals surface area (Å²) in [6.45, 7) is 2.30. The molecule has 0 spiro atoms. The Morgan fingerprint density at radius 3 is 2.46 bits per heavy atom. The van der Waals surface area contributed by atoms with Gasteiger partial charge in [0, 0.05) is 32.4 Å². The standard InChI is InChI=1S/C18H21N5O3/c1-26-15-6-5-14(20-13-15)12-21-18(25)23-10-8-22(9-11-23)17(24)16-4-2-3-7-19-16/h2-7,13H,8-12H2,1H3,(H,21,25). The molecule has 0 bridgehead atoms. The first-order valence-electron chi connectivity index (χ1n) is 8.39. The lowest BCUT2D eigenvalue weighted by atomic mass is 10.2. The van der Waals surface area contributed by atoms with Crippen molar-refractivity contribution in [3.05, 3.63) is 54.1 Å². The molecule has 0 aliphatic carbocycles. The summed E-state index contributed by atoms with van der Waals surface area (Å²) in [7, 11) is 1.58. The van der Waals surface area contributed by atoms with E-state index in [9.17, 15) is 9.59 Å².